The third-order valence-corrected chi connectivity index (χ3v) is 5.45. The minimum absolute atomic E-state index is 0.206. The van der Waals surface area contributed by atoms with Crippen LogP contribution in [0.3, 0.4) is 0 Å². The maximum Gasteiger partial charge on any atom is 0.244 e. The second kappa shape index (κ2) is 6.52. The van der Waals surface area contributed by atoms with E-state index in [1.807, 2.05) is 0 Å². The molecule has 102 valence electrons. The first-order chi connectivity index (χ1) is 8.36. The Bertz CT molecular complexity index is 539. The zero-order valence-corrected chi connectivity index (χ0v) is 13.4. The molecule has 0 bridgehead atoms. The van der Waals surface area contributed by atoms with Crippen LogP contribution in [0.2, 0.25) is 10.0 Å². The number of alkyl halides is 1. The molecule has 0 heterocycles. The number of benzene rings is 1. The first-order valence-corrected chi connectivity index (χ1v) is 8.37. The smallest absolute Gasteiger partial charge is 0.207 e. The molecule has 0 aliphatic heterocycles. The largest absolute Gasteiger partial charge is 0.244 e. The summed E-state index contributed by atoms with van der Waals surface area (Å²) in [6.07, 6.45) is 0. The zero-order valence-electron chi connectivity index (χ0n) is 9.46. The van der Waals surface area contributed by atoms with Gasteiger partial charge >= 0.3 is 0 Å². The molecule has 1 aromatic rings. The fourth-order valence-electron chi connectivity index (χ4n) is 1.39. The molecule has 0 aliphatic rings. The van der Waals surface area contributed by atoms with Crippen LogP contribution in [0.1, 0.15) is 6.92 Å². The maximum absolute atomic E-state index is 13.5. The van der Waals surface area contributed by atoms with Gasteiger partial charge in [0.05, 0.1) is 10.0 Å². The number of hydrogen-bond acceptors (Lipinski definition) is 2. The van der Waals surface area contributed by atoms with Crippen LogP contribution in [0, 0.1) is 5.82 Å². The van der Waals surface area contributed by atoms with Crippen molar-refractivity contribution in [2.45, 2.75) is 11.8 Å². The van der Waals surface area contributed by atoms with E-state index in [-0.39, 0.29) is 23.0 Å². The highest BCUT2D eigenvalue weighted by Crippen LogP contribution is 2.31. The maximum atomic E-state index is 13.5. The highest BCUT2D eigenvalue weighted by Gasteiger charge is 2.27. The van der Waals surface area contributed by atoms with Gasteiger partial charge in [0, 0.05) is 18.4 Å². The Hall–Kier alpha value is 0.120. The summed E-state index contributed by atoms with van der Waals surface area (Å²) in [4.78, 5) is -0.270. The Kier molecular flexibility index (Phi) is 5.86. The van der Waals surface area contributed by atoms with Crippen molar-refractivity contribution in [2.24, 2.45) is 0 Å². The van der Waals surface area contributed by atoms with Crippen LogP contribution in [-0.2, 0) is 10.0 Å². The highest BCUT2D eigenvalue weighted by atomic mass is 79.9. The van der Waals surface area contributed by atoms with Gasteiger partial charge in [-0.25, -0.2) is 12.8 Å². The molecule has 0 unspecified atom stereocenters. The van der Waals surface area contributed by atoms with Crippen molar-refractivity contribution in [3.63, 3.8) is 0 Å². The van der Waals surface area contributed by atoms with E-state index in [2.05, 4.69) is 15.9 Å². The van der Waals surface area contributed by atoms with E-state index in [0.717, 1.165) is 0 Å². The molecule has 0 aliphatic carbocycles. The van der Waals surface area contributed by atoms with Crippen LogP contribution in [0.25, 0.3) is 0 Å². The second-order valence-corrected chi connectivity index (χ2v) is 6.84. The summed E-state index contributed by atoms with van der Waals surface area (Å²) in [6.45, 7) is 2.24. The molecule has 18 heavy (non-hydrogen) atoms. The van der Waals surface area contributed by atoms with Gasteiger partial charge in [0.2, 0.25) is 10.0 Å². The summed E-state index contributed by atoms with van der Waals surface area (Å²) >= 11 is 14.4. The fourth-order valence-corrected chi connectivity index (χ4v) is 4.22. The minimum Gasteiger partial charge on any atom is -0.207 e. The summed E-state index contributed by atoms with van der Waals surface area (Å²) in [7, 11) is -3.81. The zero-order chi connectivity index (χ0) is 13.9. The van der Waals surface area contributed by atoms with E-state index < -0.39 is 20.9 Å². The van der Waals surface area contributed by atoms with Crippen LogP contribution in [0.15, 0.2) is 17.0 Å². The molecule has 0 amide bonds. The lowest BCUT2D eigenvalue weighted by Crippen LogP contribution is -2.32. The SMILES string of the molecule is CCN(CCBr)S(=O)(=O)c1ccc(Cl)c(F)c1Cl. The molecule has 1 aromatic carbocycles. The van der Waals surface area contributed by atoms with E-state index in [1.165, 1.54) is 16.4 Å². The topological polar surface area (TPSA) is 37.4 Å². The molecule has 0 saturated carbocycles. The second-order valence-electron chi connectivity index (χ2n) is 3.36. The monoisotopic (exact) mass is 377 g/mol. The molecular weight excluding hydrogens is 368 g/mol. The lowest BCUT2D eigenvalue weighted by molar-refractivity contribution is 0.448. The average molecular weight is 379 g/mol. The van der Waals surface area contributed by atoms with Gasteiger partial charge in [0.15, 0.2) is 5.82 Å². The third-order valence-electron chi connectivity index (χ3n) is 2.30. The van der Waals surface area contributed by atoms with Crippen LogP contribution in [-0.4, -0.2) is 31.1 Å². The molecule has 8 heteroatoms. The lowest BCUT2D eigenvalue weighted by atomic mass is 10.3. The number of rotatable bonds is 5. The summed E-state index contributed by atoms with van der Waals surface area (Å²) < 4.78 is 39.2. The number of halogens is 4. The van der Waals surface area contributed by atoms with Crippen molar-refractivity contribution < 1.29 is 12.8 Å². The van der Waals surface area contributed by atoms with Crippen molar-refractivity contribution in [2.75, 3.05) is 18.4 Å². The Morgan fingerprint density at radius 2 is 2.00 bits per heavy atom. The molecule has 0 saturated heterocycles. The quantitative estimate of drug-likeness (QED) is 0.580. The summed E-state index contributed by atoms with van der Waals surface area (Å²) in [5.74, 6) is -0.922. The standard InChI is InChI=1S/C10H11BrCl2FNO2S/c1-2-15(6-5-11)18(16,17)8-4-3-7(12)10(14)9(8)13/h3-4H,2,5-6H2,1H3. The van der Waals surface area contributed by atoms with Gasteiger partial charge in [-0.05, 0) is 12.1 Å². The van der Waals surface area contributed by atoms with Crippen LogP contribution >= 0.6 is 39.1 Å². The molecule has 0 spiro atoms. The highest BCUT2D eigenvalue weighted by molar-refractivity contribution is 9.09. The summed E-state index contributed by atoms with van der Waals surface area (Å²) in [5, 5.41) is -0.202. The van der Waals surface area contributed by atoms with Crippen molar-refractivity contribution in [1.29, 1.82) is 0 Å². The predicted molar refractivity (Wildman–Crippen MR) is 74.6 cm³/mol. The van der Waals surface area contributed by atoms with Crippen LogP contribution in [0.5, 0.6) is 0 Å². The third kappa shape index (κ3) is 3.17. The molecule has 0 atom stereocenters. The molecular formula is C10H11BrCl2FNO2S. The molecule has 3 nitrogen and oxygen atoms in total. The number of sulfonamides is 1. The van der Waals surface area contributed by atoms with Gasteiger partial charge in [0.1, 0.15) is 4.90 Å². The van der Waals surface area contributed by atoms with Gasteiger partial charge in [-0.15, -0.1) is 0 Å². The Balaban J connectivity index is 3.32. The molecule has 0 fully saturated rings. The van der Waals surface area contributed by atoms with Gasteiger partial charge < -0.3 is 0 Å². The number of hydrogen-bond donors (Lipinski definition) is 0. The Labute approximate surface area is 124 Å². The van der Waals surface area contributed by atoms with Gasteiger partial charge in [-0.1, -0.05) is 46.1 Å². The first kappa shape index (κ1) is 16.2. The average Bonchev–Trinajstić information content (AvgIpc) is 2.32. The van der Waals surface area contributed by atoms with E-state index in [9.17, 15) is 12.8 Å². The molecule has 0 N–H and O–H groups in total. The lowest BCUT2D eigenvalue weighted by Gasteiger charge is -2.20. The normalized spacial score (nSPS) is 12.1. The summed E-state index contributed by atoms with van der Waals surface area (Å²) in [6, 6.07) is 2.39. The van der Waals surface area contributed by atoms with Crippen molar-refractivity contribution in [3.05, 3.63) is 28.0 Å². The van der Waals surface area contributed by atoms with Crippen LogP contribution < -0.4 is 0 Å². The van der Waals surface area contributed by atoms with E-state index in [4.69, 9.17) is 23.2 Å². The van der Waals surface area contributed by atoms with Gasteiger partial charge in [-0.2, -0.15) is 4.31 Å². The predicted octanol–water partition coefficient (Wildman–Crippen LogP) is 3.54. The Morgan fingerprint density at radius 3 is 2.50 bits per heavy atom. The van der Waals surface area contributed by atoms with Crippen molar-refractivity contribution in [3.8, 4) is 0 Å². The minimum atomic E-state index is -3.81. The van der Waals surface area contributed by atoms with E-state index in [1.54, 1.807) is 6.92 Å². The molecule has 0 radical (unpaired) electrons. The molecule has 1 rings (SSSR count). The van der Waals surface area contributed by atoms with Crippen molar-refractivity contribution in [1.82, 2.24) is 4.31 Å². The van der Waals surface area contributed by atoms with E-state index >= 15 is 0 Å². The number of nitrogens with zero attached hydrogens (tertiary/aromatic N) is 1. The molecule has 0 aromatic heterocycles. The van der Waals surface area contributed by atoms with Gasteiger partial charge in [-0.3, -0.25) is 0 Å². The van der Waals surface area contributed by atoms with E-state index in [0.29, 0.717) is 5.33 Å². The van der Waals surface area contributed by atoms with Crippen molar-refractivity contribution >= 4 is 49.2 Å². The Morgan fingerprint density at radius 1 is 1.39 bits per heavy atom. The first-order valence-electron chi connectivity index (χ1n) is 5.05. The summed E-state index contributed by atoms with van der Waals surface area (Å²) in [5.41, 5.74) is 0. The van der Waals surface area contributed by atoms with Gasteiger partial charge in [0.25, 0.3) is 0 Å². The van der Waals surface area contributed by atoms with Crippen LogP contribution in [0.4, 0.5) is 4.39 Å². The fraction of sp³-hybridized carbons (Fsp3) is 0.400.